The molecule has 0 radical (unpaired) electrons. The Morgan fingerprint density at radius 1 is 0.769 bits per heavy atom. The van der Waals surface area contributed by atoms with Crippen LogP contribution < -0.4 is 5.43 Å². The Morgan fingerprint density at radius 2 is 1.46 bits per heavy atom. The Bertz CT molecular complexity index is 1350. The predicted molar refractivity (Wildman–Crippen MR) is 108 cm³/mol. The van der Waals surface area contributed by atoms with Crippen molar-refractivity contribution in [1.82, 2.24) is 0 Å². The summed E-state index contributed by atoms with van der Waals surface area (Å²) in [5, 5.41) is 3.82. The van der Waals surface area contributed by atoms with E-state index in [1.165, 1.54) is 0 Å². The summed E-state index contributed by atoms with van der Waals surface area (Å²) in [6.07, 6.45) is 0. The van der Waals surface area contributed by atoms with Crippen LogP contribution in [0.5, 0.6) is 0 Å². The van der Waals surface area contributed by atoms with Gasteiger partial charge in [-0.05, 0) is 46.8 Å². The molecule has 0 amide bonds. The maximum absolute atomic E-state index is 13.3. The molecule has 0 aliphatic carbocycles. The third kappa shape index (κ3) is 2.23. The van der Waals surface area contributed by atoms with Gasteiger partial charge in [0, 0.05) is 10.4 Å². The third-order valence-electron chi connectivity index (χ3n) is 4.73. The van der Waals surface area contributed by atoms with Gasteiger partial charge in [0.05, 0.1) is 10.8 Å². The van der Waals surface area contributed by atoms with E-state index >= 15 is 0 Å². The van der Waals surface area contributed by atoms with Crippen LogP contribution in [0.1, 0.15) is 0 Å². The number of hydrogen-bond donors (Lipinski definition) is 0. The molecule has 1 aromatic heterocycles. The molecule has 4 aromatic carbocycles. The van der Waals surface area contributed by atoms with Gasteiger partial charge in [-0.2, -0.15) is 0 Å². The molecule has 0 spiro atoms. The Morgan fingerprint density at radius 3 is 2.27 bits per heavy atom. The molecule has 0 unspecified atom stereocenters. The van der Waals surface area contributed by atoms with Crippen molar-refractivity contribution < 1.29 is 4.42 Å². The second-order valence-corrected chi connectivity index (χ2v) is 6.72. The molecule has 5 rings (SSSR count). The van der Waals surface area contributed by atoms with E-state index in [-0.39, 0.29) is 5.43 Å². The Hall–Kier alpha value is -3.10. The van der Waals surface area contributed by atoms with E-state index in [2.05, 4.69) is 0 Å². The van der Waals surface area contributed by atoms with E-state index in [0.29, 0.717) is 27.0 Å². The Kier molecular flexibility index (Phi) is 3.34. The number of rotatable bonds is 1. The molecule has 0 fully saturated rings. The van der Waals surface area contributed by atoms with Crippen LogP contribution in [-0.4, -0.2) is 0 Å². The number of benzene rings is 4. The summed E-state index contributed by atoms with van der Waals surface area (Å²) in [6, 6.07) is 24.9. The van der Waals surface area contributed by atoms with Gasteiger partial charge >= 0.3 is 0 Å². The summed E-state index contributed by atoms with van der Waals surface area (Å²) in [5.41, 5.74) is 3.00. The largest absolute Gasteiger partial charge is 0.455 e. The van der Waals surface area contributed by atoms with Gasteiger partial charge in [-0.25, -0.2) is 0 Å². The predicted octanol–water partition coefficient (Wildman–Crippen LogP) is 6.42. The van der Waals surface area contributed by atoms with Gasteiger partial charge in [0.15, 0.2) is 0 Å². The average molecular weight is 357 g/mol. The van der Waals surface area contributed by atoms with Gasteiger partial charge in [0.2, 0.25) is 5.43 Å². The summed E-state index contributed by atoms with van der Waals surface area (Å²) in [7, 11) is 0. The smallest absolute Gasteiger partial charge is 0.201 e. The molecule has 1 heterocycles. The van der Waals surface area contributed by atoms with Crippen molar-refractivity contribution in [3.8, 4) is 11.1 Å². The minimum absolute atomic E-state index is 0.0162. The quantitative estimate of drug-likeness (QED) is 0.256. The van der Waals surface area contributed by atoms with E-state index in [0.717, 1.165) is 21.9 Å². The highest BCUT2D eigenvalue weighted by atomic mass is 35.5. The van der Waals surface area contributed by atoms with E-state index in [4.69, 9.17) is 16.0 Å². The van der Waals surface area contributed by atoms with Crippen molar-refractivity contribution in [2.24, 2.45) is 0 Å². The molecule has 0 N–H and O–H groups in total. The zero-order chi connectivity index (χ0) is 17.7. The number of fused-ring (bicyclic) bond motifs is 4. The fraction of sp³-hybridized carbons (Fsp3) is 0. The van der Waals surface area contributed by atoms with Crippen LogP contribution in [0.15, 0.2) is 88.1 Å². The highest BCUT2D eigenvalue weighted by molar-refractivity contribution is 6.30. The normalized spacial score (nSPS) is 11.4. The average Bonchev–Trinajstić information content (AvgIpc) is 2.68. The molecule has 3 heteroatoms. The van der Waals surface area contributed by atoms with Crippen LogP contribution in [0.25, 0.3) is 43.8 Å². The molecule has 124 valence electrons. The van der Waals surface area contributed by atoms with Gasteiger partial charge in [0.1, 0.15) is 11.2 Å². The molecule has 0 aliphatic heterocycles. The van der Waals surface area contributed by atoms with Crippen LogP contribution in [0.3, 0.4) is 0 Å². The van der Waals surface area contributed by atoms with E-state index < -0.39 is 0 Å². The molecular weight excluding hydrogens is 344 g/mol. The summed E-state index contributed by atoms with van der Waals surface area (Å²) in [5.74, 6) is 0. The fourth-order valence-electron chi connectivity index (χ4n) is 3.49. The number of halogens is 1. The lowest BCUT2D eigenvalue weighted by Gasteiger charge is -2.11. The van der Waals surface area contributed by atoms with Crippen molar-refractivity contribution in [3.63, 3.8) is 0 Å². The monoisotopic (exact) mass is 356 g/mol. The van der Waals surface area contributed by atoms with E-state index in [1.54, 1.807) is 6.07 Å². The molecular formula is C23H13ClO2. The first-order chi connectivity index (χ1) is 12.7. The molecule has 5 aromatic rings. The van der Waals surface area contributed by atoms with Crippen molar-refractivity contribution >= 4 is 44.3 Å². The van der Waals surface area contributed by atoms with Gasteiger partial charge in [0.25, 0.3) is 0 Å². The molecule has 26 heavy (non-hydrogen) atoms. The third-order valence-corrected chi connectivity index (χ3v) is 4.98. The first kappa shape index (κ1) is 15.2. The molecule has 0 atom stereocenters. The van der Waals surface area contributed by atoms with Gasteiger partial charge in [-0.15, -0.1) is 0 Å². The molecule has 0 aliphatic rings. The van der Waals surface area contributed by atoms with Gasteiger partial charge in [-0.3, -0.25) is 4.79 Å². The lowest BCUT2D eigenvalue weighted by molar-refractivity contribution is 0.664. The molecule has 2 nitrogen and oxygen atoms in total. The molecule has 0 bridgehead atoms. The Labute approximate surface area is 154 Å². The lowest BCUT2D eigenvalue weighted by atomic mass is 9.95. The first-order valence-electron chi connectivity index (χ1n) is 8.35. The van der Waals surface area contributed by atoms with Crippen LogP contribution in [0, 0.1) is 0 Å². The topological polar surface area (TPSA) is 30.2 Å². The van der Waals surface area contributed by atoms with Gasteiger partial charge in [-0.1, -0.05) is 60.1 Å². The zero-order valence-electron chi connectivity index (χ0n) is 13.7. The van der Waals surface area contributed by atoms with Crippen LogP contribution in [0.4, 0.5) is 0 Å². The van der Waals surface area contributed by atoms with Gasteiger partial charge < -0.3 is 4.42 Å². The minimum atomic E-state index is -0.0162. The van der Waals surface area contributed by atoms with Crippen molar-refractivity contribution in [2.75, 3.05) is 0 Å². The molecule has 0 saturated carbocycles. The lowest BCUT2D eigenvalue weighted by Crippen LogP contribution is -2.04. The maximum atomic E-state index is 13.3. The maximum Gasteiger partial charge on any atom is 0.201 e. The highest BCUT2D eigenvalue weighted by Gasteiger charge is 2.16. The zero-order valence-corrected chi connectivity index (χ0v) is 14.5. The summed E-state index contributed by atoms with van der Waals surface area (Å²) in [6.45, 7) is 0. The minimum Gasteiger partial charge on any atom is -0.455 e. The van der Waals surface area contributed by atoms with E-state index in [9.17, 15) is 4.79 Å². The van der Waals surface area contributed by atoms with Crippen LogP contribution in [0.2, 0.25) is 5.02 Å². The Balaban J connectivity index is 2.04. The van der Waals surface area contributed by atoms with Crippen molar-refractivity contribution in [2.45, 2.75) is 0 Å². The highest BCUT2D eigenvalue weighted by Crippen LogP contribution is 2.35. The van der Waals surface area contributed by atoms with Crippen molar-refractivity contribution in [1.29, 1.82) is 0 Å². The van der Waals surface area contributed by atoms with Crippen molar-refractivity contribution in [3.05, 3.63) is 94.1 Å². The van der Waals surface area contributed by atoms with E-state index in [1.807, 2.05) is 72.8 Å². The fourth-order valence-corrected chi connectivity index (χ4v) is 3.62. The summed E-state index contributed by atoms with van der Waals surface area (Å²) in [4.78, 5) is 13.3. The summed E-state index contributed by atoms with van der Waals surface area (Å²) < 4.78 is 6.20. The second kappa shape index (κ2) is 5.72. The standard InChI is InChI=1S/C23H13ClO2/c24-16-11-9-14(10-12-16)19-13-15-5-1-2-6-17(15)23-21(19)22(25)18-7-3-4-8-20(18)26-23/h1-13H. The first-order valence-corrected chi connectivity index (χ1v) is 8.73. The summed E-state index contributed by atoms with van der Waals surface area (Å²) >= 11 is 6.04. The second-order valence-electron chi connectivity index (χ2n) is 6.28. The number of hydrogen-bond acceptors (Lipinski definition) is 2. The molecule has 0 saturated heterocycles. The SMILES string of the molecule is O=c1c2ccccc2oc2c1c(-c1ccc(Cl)cc1)cc1ccccc12. The number of para-hydroxylation sites is 1. The van der Waals surface area contributed by atoms with Crippen LogP contribution >= 0.6 is 11.6 Å². The van der Waals surface area contributed by atoms with Crippen LogP contribution in [-0.2, 0) is 0 Å².